The molecule has 0 saturated heterocycles. The first-order valence-corrected chi connectivity index (χ1v) is 2.67. The van der Waals surface area contributed by atoms with Crippen LogP contribution in [-0.4, -0.2) is 27.0 Å². The molecule has 0 aliphatic carbocycles. The van der Waals surface area contributed by atoms with Crippen LogP contribution in [0.5, 0.6) is 0 Å². The molecule has 0 aliphatic heterocycles. The zero-order valence-corrected chi connectivity index (χ0v) is 5.21. The Morgan fingerprint density at radius 3 is 1.50 bits per heavy atom. The van der Waals surface area contributed by atoms with E-state index < -0.39 is 4.44 Å². The molecule has 0 aromatic heterocycles. The van der Waals surface area contributed by atoms with Gasteiger partial charge in [0.05, 0.1) is 0 Å². The van der Waals surface area contributed by atoms with Gasteiger partial charge < -0.3 is 0 Å². The SMILES string of the molecule is F[CH](F)[SnH]. The van der Waals surface area contributed by atoms with Crippen molar-refractivity contribution in [3.05, 3.63) is 0 Å². The molecular formula is CH2F2Sn. The van der Waals surface area contributed by atoms with Crippen molar-refractivity contribution in [1.82, 2.24) is 0 Å². The molecule has 0 aromatic rings. The quantitative estimate of drug-likeness (QED) is 0.453. The van der Waals surface area contributed by atoms with E-state index in [2.05, 4.69) is 0 Å². The summed E-state index contributed by atoms with van der Waals surface area (Å²) < 4.78 is 18.7. The van der Waals surface area contributed by atoms with Crippen molar-refractivity contribution in [2.75, 3.05) is 0 Å². The minimum atomic E-state index is -2.04. The van der Waals surface area contributed by atoms with Gasteiger partial charge in [-0.3, -0.25) is 0 Å². The van der Waals surface area contributed by atoms with Gasteiger partial charge in [-0.1, -0.05) is 0 Å². The Balaban J connectivity index is 2.32. The molecule has 0 rings (SSSR count). The Kier molecular flexibility index (Phi) is 2.25. The van der Waals surface area contributed by atoms with Crippen LogP contribution in [0.25, 0.3) is 0 Å². The van der Waals surface area contributed by atoms with E-state index in [4.69, 9.17) is 0 Å². The van der Waals surface area contributed by atoms with Crippen LogP contribution >= 0.6 is 0 Å². The van der Waals surface area contributed by atoms with Crippen molar-refractivity contribution >= 4 is 22.5 Å². The van der Waals surface area contributed by atoms with E-state index in [0.717, 1.165) is 0 Å². The molecule has 24 valence electrons. The Hall–Kier alpha value is 0.659. The second kappa shape index (κ2) is 1.93. The van der Waals surface area contributed by atoms with Gasteiger partial charge in [0.2, 0.25) is 0 Å². The maximum atomic E-state index is 10.4. The van der Waals surface area contributed by atoms with Crippen LogP contribution in [0.4, 0.5) is 8.78 Å². The monoisotopic (exact) mass is 172 g/mol. The van der Waals surface area contributed by atoms with E-state index in [1.165, 1.54) is 0 Å². The normalized spacial score (nSPS) is 9.00. The molecule has 0 spiro atoms. The van der Waals surface area contributed by atoms with Crippen LogP contribution in [0.3, 0.4) is 0 Å². The van der Waals surface area contributed by atoms with Crippen molar-refractivity contribution in [2.24, 2.45) is 0 Å². The summed E-state index contributed by atoms with van der Waals surface area (Å²) in [6.07, 6.45) is 0. The predicted octanol–water partition coefficient (Wildman–Crippen LogP) is 0.110. The molecule has 0 fully saturated rings. The first-order valence-electron chi connectivity index (χ1n) is 0.770. The standard InChI is InChI=1S/CHF2.Sn.H/c2-1-3;;/h1H;;. The van der Waals surface area contributed by atoms with Gasteiger partial charge in [0.15, 0.2) is 0 Å². The fourth-order valence-electron chi connectivity index (χ4n) is 0. The van der Waals surface area contributed by atoms with Crippen LogP contribution in [-0.2, 0) is 0 Å². The first-order chi connectivity index (χ1) is 1.73. The fourth-order valence-corrected chi connectivity index (χ4v) is 0. The molecule has 0 N–H and O–H groups in total. The molecule has 0 nitrogen and oxygen atoms in total. The maximum absolute atomic E-state index is 10.4. The summed E-state index contributed by atoms with van der Waals surface area (Å²) in [5.74, 6) is 0. The summed E-state index contributed by atoms with van der Waals surface area (Å²) in [5, 5.41) is 0. The Morgan fingerprint density at radius 1 is 1.50 bits per heavy atom. The van der Waals surface area contributed by atoms with E-state index in [9.17, 15) is 8.78 Å². The number of rotatable bonds is 0. The fraction of sp³-hybridized carbons (Fsp3) is 1.00. The molecule has 0 atom stereocenters. The molecule has 2 radical (unpaired) electrons. The van der Waals surface area contributed by atoms with Gasteiger partial charge in [-0.25, -0.2) is 0 Å². The third-order valence-electron chi connectivity index (χ3n) is 0. The topological polar surface area (TPSA) is 0 Å². The van der Waals surface area contributed by atoms with Crippen LogP contribution in [0.15, 0.2) is 0 Å². The second-order valence-corrected chi connectivity index (χ2v) is 1.77. The zero-order chi connectivity index (χ0) is 3.58. The van der Waals surface area contributed by atoms with Crippen molar-refractivity contribution in [3.63, 3.8) is 0 Å². The summed E-state index contributed by atoms with van der Waals surface area (Å²) in [6, 6.07) is 0. The van der Waals surface area contributed by atoms with Gasteiger partial charge in [-0.15, -0.1) is 0 Å². The molecule has 3 heteroatoms. The van der Waals surface area contributed by atoms with Crippen molar-refractivity contribution in [3.8, 4) is 0 Å². The average molecular weight is 171 g/mol. The summed E-state index contributed by atoms with van der Waals surface area (Å²) in [5.41, 5.74) is 0. The molecule has 0 saturated carbocycles. The van der Waals surface area contributed by atoms with E-state index in [0.29, 0.717) is 0 Å². The molecule has 4 heavy (non-hydrogen) atoms. The molecule has 0 heterocycles. The van der Waals surface area contributed by atoms with Gasteiger partial charge in [-0.2, -0.15) is 0 Å². The first kappa shape index (κ1) is 4.66. The summed E-state index contributed by atoms with van der Waals surface area (Å²) in [6.45, 7) is 0. The summed E-state index contributed by atoms with van der Waals surface area (Å²) >= 11 is 0.0678. The summed E-state index contributed by atoms with van der Waals surface area (Å²) in [4.78, 5) is 0. The predicted molar refractivity (Wildman–Crippen MR) is 13.2 cm³/mol. The van der Waals surface area contributed by atoms with Gasteiger partial charge >= 0.3 is 35.7 Å². The van der Waals surface area contributed by atoms with Crippen LogP contribution in [0, 0.1) is 0 Å². The Labute approximate surface area is 36.3 Å². The molecular weight excluding hydrogens is 169 g/mol. The average Bonchev–Trinajstić information content (AvgIpc) is 0.811. The van der Waals surface area contributed by atoms with Crippen LogP contribution in [0.2, 0.25) is 0 Å². The number of hydrogen-bond donors (Lipinski definition) is 0. The van der Waals surface area contributed by atoms with Crippen LogP contribution < -0.4 is 0 Å². The van der Waals surface area contributed by atoms with Crippen molar-refractivity contribution in [2.45, 2.75) is 4.44 Å². The van der Waals surface area contributed by atoms with E-state index in [-0.39, 0.29) is 22.5 Å². The molecule has 0 aromatic carbocycles. The van der Waals surface area contributed by atoms with E-state index >= 15 is 0 Å². The number of alkyl halides is 2. The van der Waals surface area contributed by atoms with Gasteiger partial charge in [0.25, 0.3) is 0 Å². The van der Waals surface area contributed by atoms with E-state index in [1.807, 2.05) is 0 Å². The van der Waals surface area contributed by atoms with Crippen LogP contribution in [0.1, 0.15) is 0 Å². The van der Waals surface area contributed by atoms with Crippen molar-refractivity contribution in [1.29, 1.82) is 0 Å². The number of halogens is 2. The zero-order valence-electron chi connectivity index (χ0n) is 1.91. The minimum absolute atomic E-state index is 0.0678. The third-order valence-corrected chi connectivity index (χ3v) is 0. The van der Waals surface area contributed by atoms with Gasteiger partial charge in [0.1, 0.15) is 0 Å². The van der Waals surface area contributed by atoms with E-state index in [1.54, 1.807) is 0 Å². The molecule has 0 aliphatic rings. The second-order valence-electron chi connectivity index (χ2n) is 0.334. The molecule has 0 amide bonds. The van der Waals surface area contributed by atoms with Gasteiger partial charge in [-0.05, 0) is 0 Å². The molecule has 0 bridgehead atoms. The Morgan fingerprint density at radius 2 is 1.50 bits per heavy atom. The Bertz CT molecular complexity index is 10.8. The summed E-state index contributed by atoms with van der Waals surface area (Å²) in [7, 11) is 0. The third kappa shape index (κ3) is 16.9. The number of hydrogen-bond acceptors (Lipinski definition) is 0. The van der Waals surface area contributed by atoms with Crippen molar-refractivity contribution < 1.29 is 8.78 Å². The van der Waals surface area contributed by atoms with Gasteiger partial charge in [0, 0.05) is 0 Å². The molecule has 0 unspecified atom stereocenters.